The Hall–Kier alpha value is -2.49. The fourth-order valence-electron chi connectivity index (χ4n) is 3.68. The van der Waals surface area contributed by atoms with Crippen molar-refractivity contribution < 1.29 is 4.79 Å². The van der Waals surface area contributed by atoms with Gasteiger partial charge in [0.25, 0.3) is 0 Å². The molecular weight excluding hydrogens is 458 g/mol. The van der Waals surface area contributed by atoms with Gasteiger partial charge < -0.3 is 0 Å². The fourth-order valence-corrected chi connectivity index (χ4v) is 6.27. The lowest BCUT2D eigenvalue weighted by Gasteiger charge is -2.20. The van der Waals surface area contributed by atoms with E-state index in [-0.39, 0.29) is 5.91 Å². The molecule has 32 heavy (non-hydrogen) atoms. The van der Waals surface area contributed by atoms with Crippen molar-refractivity contribution in [2.45, 2.75) is 50.6 Å². The molecule has 1 aromatic carbocycles. The second kappa shape index (κ2) is 8.80. The minimum atomic E-state index is -0.0421. The minimum Gasteiger partial charge on any atom is -0.298 e. The summed E-state index contributed by atoms with van der Waals surface area (Å²) < 4.78 is 2.28. The van der Waals surface area contributed by atoms with Crippen molar-refractivity contribution in [3.63, 3.8) is 0 Å². The molecule has 1 fully saturated rings. The highest BCUT2D eigenvalue weighted by atomic mass is 32.2. The van der Waals surface area contributed by atoms with Gasteiger partial charge in [0.1, 0.15) is 0 Å². The average Bonchev–Trinajstić information content (AvgIpc) is 3.16. The van der Waals surface area contributed by atoms with Crippen LogP contribution in [0.5, 0.6) is 0 Å². The monoisotopic (exact) mass is 481 g/mol. The van der Waals surface area contributed by atoms with E-state index in [4.69, 9.17) is 4.98 Å². The maximum Gasteiger partial charge on any atom is 0.230 e. The summed E-state index contributed by atoms with van der Waals surface area (Å²) in [4.78, 5) is 20.1. The Kier molecular flexibility index (Phi) is 5.88. The van der Waals surface area contributed by atoms with Crippen LogP contribution in [0.2, 0.25) is 0 Å². The molecular formula is C23H23N5OS3. The zero-order chi connectivity index (χ0) is 22.2. The zero-order valence-electron chi connectivity index (χ0n) is 18.1. The number of aromatic nitrogens is 4. The van der Waals surface area contributed by atoms with Crippen molar-refractivity contribution in [3.05, 3.63) is 57.9 Å². The van der Waals surface area contributed by atoms with Crippen LogP contribution >= 0.6 is 34.4 Å². The molecule has 164 valence electrons. The second-order valence-electron chi connectivity index (χ2n) is 7.94. The Balaban J connectivity index is 1.36. The summed E-state index contributed by atoms with van der Waals surface area (Å²) in [5.74, 6) is 1.60. The highest BCUT2D eigenvalue weighted by Crippen LogP contribution is 2.42. The molecule has 1 amide bonds. The largest absolute Gasteiger partial charge is 0.298 e. The molecule has 0 aliphatic heterocycles. The van der Waals surface area contributed by atoms with Gasteiger partial charge in [0.05, 0.1) is 16.3 Å². The Morgan fingerprint density at radius 3 is 2.75 bits per heavy atom. The molecule has 6 nitrogen and oxygen atoms in total. The lowest BCUT2D eigenvalue weighted by atomic mass is 10.1. The normalized spacial score (nSPS) is 13.5. The summed E-state index contributed by atoms with van der Waals surface area (Å²) in [6.07, 6.45) is 2.35. The molecule has 3 heterocycles. The molecule has 0 N–H and O–H groups in total. The lowest BCUT2D eigenvalue weighted by molar-refractivity contribution is -0.115. The van der Waals surface area contributed by atoms with E-state index in [0.29, 0.717) is 16.9 Å². The predicted molar refractivity (Wildman–Crippen MR) is 132 cm³/mol. The van der Waals surface area contributed by atoms with Gasteiger partial charge in [0.15, 0.2) is 16.1 Å². The van der Waals surface area contributed by atoms with Crippen LogP contribution in [-0.2, 0) is 10.5 Å². The molecule has 1 aliphatic carbocycles. The number of carbonyl (C=O) groups excluding carboxylic acids is 1. The van der Waals surface area contributed by atoms with Gasteiger partial charge in [0, 0.05) is 24.1 Å². The van der Waals surface area contributed by atoms with E-state index in [1.54, 1.807) is 34.9 Å². The highest BCUT2D eigenvalue weighted by molar-refractivity contribution is 7.98. The third-order valence-electron chi connectivity index (χ3n) is 5.31. The minimum absolute atomic E-state index is 0.0421. The number of amides is 1. The number of benzene rings is 1. The topological polar surface area (TPSA) is 63.9 Å². The van der Waals surface area contributed by atoms with Crippen LogP contribution in [0.4, 0.5) is 10.8 Å². The average molecular weight is 482 g/mol. The first-order valence-corrected chi connectivity index (χ1v) is 13.2. The molecule has 0 atom stereocenters. The molecule has 0 spiro atoms. The number of rotatable bonds is 7. The van der Waals surface area contributed by atoms with Gasteiger partial charge in [-0.1, -0.05) is 35.5 Å². The first-order valence-electron chi connectivity index (χ1n) is 10.4. The summed E-state index contributed by atoms with van der Waals surface area (Å²) in [7, 11) is 0. The first-order chi connectivity index (χ1) is 15.5. The summed E-state index contributed by atoms with van der Waals surface area (Å²) >= 11 is 4.84. The number of hydrogen-bond donors (Lipinski definition) is 0. The number of thioether (sulfide) groups is 1. The van der Waals surface area contributed by atoms with Crippen LogP contribution in [0.25, 0.3) is 10.7 Å². The first kappa shape index (κ1) is 21.4. The van der Waals surface area contributed by atoms with Crippen molar-refractivity contribution in [1.29, 1.82) is 0 Å². The molecule has 9 heteroatoms. The van der Waals surface area contributed by atoms with E-state index in [2.05, 4.69) is 39.2 Å². The standard InChI is InChI=1S/C23H23N5OS3/c1-14-6-9-19(15(2)11-14)27(16(3)29)22-24-17(12-31-22)13-32-23-26-25-21(20-5-4-10-30-20)28(23)18-7-8-18/h4-6,9-12,18H,7-8,13H2,1-3H3. The van der Waals surface area contributed by atoms with E-state index < -0.39 is 0 Å². The number of carbonyl (C=O) groups is 1. The molecule has 0 unspecified atom stereocenters. The van der Waals surface area contributed by atoms with E-state index in [1.165, 1.54) is 29.7 Å². The number of nitrogens with zero attached hydrogens (tertiary/aromatic N) is 5. The summed E-state index contributed by atoms with van der Waals surface area (Å²) in [5.41, 5.74) is 4.05. The molecule has 4 aromatic rings. The molecule has 3 aromatic heterocycles. The van der Waals surface area contributed by atoms with E-state index in [0.717, 1.165) is 32.8 Å². The van der Waals surface area contributed by atoms with Crippen molar-refractivity contribution in [2.75, 3.05) is 4.90 Å². The van der Waals surface area contributed by atoms with Crippen molar-refractivity contribution in [3.8, 4) is 10.7 Å². The van der Waals surface area contributed by atoms with Crippen LogP contribution in [-0.4, -0.2) is 25.7 Å². The number of thiophene rings is 1. The molecule has 1 aliphatic rings. The third kappa shape index (κ3) is 4.24. The lowest BCUT2D eigenvalue weighted by Crippen LogP contribution is -2.23. The van der Waals surface area contributed by atoms with Gasteiger partial charge in [-0.05, 0) is 49.8 Å². The van der Waals surface area contributed by atoms with Crippen LogP contribution < -0.4 is 4.90 Å². The van der Waals surface area contributed by atoms with E-state index in [1.807, 2.05) is 30.5 Å². The van der Waals surface area contributed by atoms with Gasteiger partial charge in [-0.25, -0.2) is 4.98 Å². The zero-order valence-corrected chi connectivity index (χ0v) is 20.6. The van der Waals surface area contributed by atoms with Crippen molar-refractivity contribution >= 4 is 51.2 Å². The Labute approximate surface area is 199 Å². The predicted octanol–water partition coefficient (Wildman–Crippen LogP) is 6.39. The van der Waals surface area contributed by atoms with Crippen LogP contribution in [0.15, 0.2) is 46.2 Å². The van der Waals surface area contributed by atoms with Crippen LogP contribution in [0.1, 0.15) is 42.6 Å². The molecule has 0 saturated heterocycles. The summed E-state index contributed by atoms with van der Waals surface area (Å²) in [5, 5.41) is 14.7. The Bertz CT molecular complexity index is 1260. The summed E-state index contributed by atoms with van der Waals surface area (Å²) in [6, 6.07) is 10.7. The van der Waals surface area contributed by atoms with Crippen LogP contribution in [0.3, 0.4) is 0 Å². The fraction of sp³-hybridized carbons (Fsp3) is 0.304. The maximum atomic E-state index is 12.5. The number of anilines is 2. The summed E-state index contributed by atoms with van der Waals surface area (Å²) in [6.45, 7) is 5.66. The molecule has 5 rings (SSSR count). The van der Waals surface area contributed by atoms with Gasteiger partial charge >= 0.3 is 0 Å². The van der Waals surface area contributed by atoms with Gasteiger partial charge in [0.2, 0.25) is 5.91 Å². The number of thiazole rings is 1. The molecule has 0 bridgehead atoms. The second-order valence-corrected chi connectivity index (χ2v) is 10.7. The van der Waals surface area contributed by atoms with Crippen molar-refractivity contribution in [1.82, 2.24) is 19.7 Å². The molecule has 0 radical (unpaired) electrons. The smallest absolute Gasteiger partial charge is 0.230 e. The van der Waals surface area contributed by atoms with E-state index in [9.17, 15) is 4.79 Å². The maximum absolute atomic E-state index is 12.5. The number of hydrogen-bond acceptors (Lipinski definition) is 7. The van der Waals surface area contributed by atoms with Gasteiger partial charge in [-0.3, -0.25) is 14.3 Å². The molecule has 1 saturated carbocycles. The Morgan fingerprint density at radius 2 is 2.06 bits per heavy atom. The highest BCUT2D eigenvalue weighted by Gasteiger charge is 2.30. The third-order valence-corrected chi connectivity index (χ3v) is 8.02. The van der Waals surface area contributed by atoms with Crippen molar-refractivity contribution in [2.24, 2.45) is 0 Å². The Morgan fingerprint density at radius 1 is 1.22 bits per heavy atom. The quantitative estimate of drug-likeness (QED) is 0.286. The number of aryl methyl sites for hydroxylation is 2. The van der Waals surface area contributed by atoms with Gasteiger partial charge in [-0.15, -0.1) is 32.9 Å². The van der Waals surface area contributed by atoms with Gasteiger partial charge in [-0.2, -0.15) is 0 Å². The van der Waals surface area contributed by atoms with E-state index >= 15 is 0 Å². The van der Waals surface area contributed by atoms with Crippen LogP contribution in [0, 0.1) is 13.8 Å². The SMILES string of the molecule is CC(=O)N(c1nc(CSc2nnc(-c3cccs3)n2C2CC2)cs1)c1ccc(C)cc1C.